The number of allylic oxidation sites excluding steroid dienone is 2. The lowest BCUT2D eigenvalue weighted by Gasteiger charge is -2.37. The predicted octanol–water partition coefficient (Wildman–Crippen LogP) is 6.61. The number of carbonyl (C=O) groups is 4. The third-order valence-electron chi connectivity index (χ3n) is 13.3. The number of pyridine rings is 1. The summed E-state index contributed by atoms with van der Waals surface area (Å²) in [4.78, 5) is 63.2. The SMILES string of the molecule is CC(C)COC(=O)C[C@H]1CCCCC/C=C\[C@@H]2C[C@@]2(C(=O)NS(=O)(=O)C2(C)CC2)CC(=O)[C@@H]2C[C@]3(CCc4c(c(C5CC5)nc5c(F)cccc45)O3)CN2C1=O. The van der Waals surface area contributed by atoms with Crippen LogP contribution >= 0.6 is 0 Å². The molecular weight excluding hydrogens is 738 g/mol. The van der Waals surface area contributed by atoms with Crippen LogP contribution in [-0.4, -0.2) is 71.4 Å². The molecule has 1 N–H and O–H groups in total. The van der Waals surface area contributed by atoms with Crippen LogP contribution in [0.1, 0.15) is 128 Å². The second-order valence-corrected chi connectivity index (χ2v) is 20.4. The first kappa shape index (κ1) is 39.0. The van der Waals surface area contributed by atoms with Gasteiger partial charge in [0.2, 0.25) is 21.8 Å². The van der Waals surface area contributed by atoms with Crippen LogP contribution in [0.5, 0.6) is 5.75 Å². The van der Waals surface area contributed by atoms with E-state index in [1.54, 1.807) is 17.9 Å². The fourth-order valence-corrected chi connectivity index (χ4v) is 10.5. The van der Waals surface area contributed by atoms with Crippen LogP contribution in [0.2, 0.25) is 0 Å². The summed E-state index contributed by atoms with van der Waals surface area (Å²) in [6, 6.07) is 3.96. The van der Waals surface area contributed by atoms with Crippen molar-refractivity contribution >= 4 is 44.5 Å². The van der Waals surface area contributed by atoms with E-state index in [1.165, 1.54) is 6.07 Å². The first-order chi connectivity index (χ1) is 26.6. The zero-order valence-corrected chi connectivity index (χ0v) is 33.6. The lowest BCUT2D eigenvalue weighted by Crippen LogP contribution is -2.48. The Morgan fingerprint density at radius 2 is 1.88 bits per heavy atom. The van der Waals surface area contributed by atoms with Crippen molar-refractivity contribution < 1.29 is 41.5 Å². The normalized spacial score (nSPS) is 30.7. The number of sulfonamides is 1. The molecule has 5 atom stereocenters. The minimum absolute atomic E-state index is 0.0970. The van der Waals surface area contributed by atoms with Crippen molar-refractivity contribution in [2.75, 3.05) is 13.2 Å². The zero-order chi connectivity index (χ0) is 39.6. The number of Topliss-reactive ketones (excluding diaryl/α,β-unsaturated/α-hetero) is 1. The Morgan fingerprint density at radius 3 is 2.61 bits per heavy atom. The van der Waals surface area contributed by atoms with Crippen molar-refractivity contribution in [3.8, 4) is 5.75 Å². The number of hydrogen-bond donors (Lipinski definition) is 1. The summed E-state index contributed by atoms with van der Waals surface area (Å²) in [5.74, 6) is -2.34. The summed E-state index contributed by atoms with van der Waals surface area (Å²) in [7, 11) is -3.95. The summed E-state index contributed by atoms with van der Waals surface area (Å²) in [5.41, 5.74) is -0.324. The van der Waals surface area contributed by atoms with Gasteiger partial charge < -0.3 is 14.4 Å². The molecule has 1 saturated heterocycles. The highest BCUT2D eigenvalue weighted by Gasteiger charge is 2.63. The number of carbonyl (C=O) groups excluding carboxylic acids is 4. The molecule has 8 rings (SSSR count). The Kier molecular flexibility index (Phi) is 10.1. The zero-order valence-electron chi connectivity index (χ0n) is 32.7. The van der Waals surface area contributed by atoms with E-state index in [0.29, 0.717) is 67.3 Å². The highest BCUT2D eigenvalue weighted by Crippen LogP contribution is 2.58. The number of rotatable bonds is 8. The number of fused-ring (bicyclic) bond motifs is 5. The van der Waals surface area contributed by atoms with Crippen molar-refractivity contribution in [3.05, 3.63) is 47.4 Å². The molecule has 4 heterocycles. The molecule has 302 valence electrons. The molecule has 0 radical (unpaired) electrons. The van der Waals surface area contributed by atoms with Crippen LogP contribution in [0.15, 0.2) is 30.4 Å². The largest absolute Gasteiger partial charge is 0.483 e. The summed E-state index contributed by atoms with van der Waals surface area (Å²) in [5, 5.41) is 0.690. The molecule has 56 heavy (non-hydrogen) atoms. The van der Waals surface area contributed by atoms with Gasteiger partial charge in [0.05, 0.1) is 41.5 Å². The van der Waals surface area contributed by atoms with Gasteiger partial charge in [-0.25, -0.2) is 17.8 Å². The Balaban J connectivity index is 1.14. The van der Waals surface area contributed by atoms with Crippen LogP contribution in [0.3, 0.4) is 0 Å². The topological polar surface area (TPSA) is 149 Å². The van der Waals surface area contributed by atoms with E-state index in [9.17, 15) is 27.6 Å². The minimum atomic E-state index is -3.95. The summed E-state index contributed by atoms with van der Waals surface area (Å²) in [6.45, 7) is 5.85. The van der Waals surface area contributed by atoms with Gasteiger partial charge in [-0.2, -0.15) is 0 Å². The number of hydrogen-bond acceptors (Lipinski definition) is 9. The van der Waals surface area contributed by atoms with Crippen LogP contribution in [0.4, 0.5) is 4.39 Å². The van der Waals surface area contributed by atoms with Gasteiger partial charge in [0, 0.05) is 35.6 Å². The average Bonchev–Trinajstić information content (AvgIpc) is 4.09. The third-order valence-corrected chi connectivity index (χ3v) is 15.4. The van der Waals surface area contributed by atoms with E-state index in [0.717, 1.165) is 37.7 Å². The molecule has 2 amide bonds. The molecular formula is C43H54FN3O8S. The van der Waals surface area contributed by atoms with E-state index < -0.39 is 55.4 Å². The molecule has 3 aliphatic heterocycles. The van der Waals surface area contributed by atoms with Crippen LogP contribution in [-0.2, 0) is 40.4 Å². The monoisotopic (exact) mass is 791 g/mol. The molecule has 3 aliphatic carbocycles. The minimum Gasteiger partial charge on any atom is -0.483 e. The molecule has 0 bridgehead atoms. The molecule has 13 heteroatoms. The second kappa shape index (κ2) is 14.5. The number of nitrogens with one attached hydrogen (secondary N) is 1. The van der Waals surface area contributed by atoms with E-state index in [1.807, 2.05) is 32.1 Å². The number of aromatic nitrogens is 1. The first-order valence-electron chi connectivity index (χ1n) is 20.7. The molecule has 1 aromatic heterocycles. The standard InChI is InChI=1S/C43H54FN3O8S/c1-26(2)24-54-35(49)20-28-10-7-5-4-6-8-11-29-21-43(29,40(51)46-56(52,53)41(3)18-19-41)23-34(48)33-22-42(25-47(33)39(28)50)17-16-31-30-12-9-13-32(44)37(30)45-36(27-14-15-27)38(31)55-42/h8-9,11-13,26-29,33H,4-7,10,14-25H2,1-3H3,(H,46,51)/b11-8-/t28-,29-,33+,42-,43-/m1/s1. The number of nitrogens with zero attached hydrogens (tertiary/aromatic N) is 2. The van der Waals surface area contributed by atoms with Crippen molar-refractivity contribution in [2.45, 2.75) is 139 Å². The smallest absolute Gasteiger partial charge is 0.306 e. The predicted molar refractivity (Wildman–Crippen MR) is 206 cm³/mol. The van der Waals surface area contributed by atoms with Crippen LogP contribution in [0.25, 0.3) is 10.9 Å². The van der Waals surface area contributed by atoms with E-state index >= 15 is 4.39 Å². The molecule has 1 aromatic carbocycles. The fourth-order valence-electron chi connectivity index (χ4n) is 9.17. The molecule has 2 aromatic rings. The maximum absolute atomic E-state index is 15.1. The fraction of sp³-hybridized carbons (Fsp3) is 0.651. The Bertz CT molecular complexity index is 2090. The number of ether oxygens (including phenoxy) is 2. The highest BCUT2D eigenvalue weighted by atomic mass is 32.2. The summed E-state index contributed by atoms with van der Waals surface area (Å²) >= 11 is 0. The summed E-state index contributed by atoms with van der Waals surface area (Å²) < 4.78 is 55.5. The molecule has 1 spiro atoms. The van der Waals surface area contributed by atoms with Gasteiger partial charge >= 0.3 is 5.97 Å². The van der Waals surface area contributed by atoms with Gasteiger partial charge in [0.25, 0.3) is 0 Å². The average molecular weight is 792 g/mol. The van der Waals surface area contributed by atoms with Gasteiger partial charge in [-0.3, -0.25) is 23.9 Å². The maximum atomic E-state index is 15.1. The Hall–Kier alpha value is -3.87. The number of ketones is 1. The van der Waals surface area contributed by atoms with Gasteiger partial charge in [0.15, 0.2) is 5.78 Å². The maximum Gasteiger partial charge on any atom is 0.306 e. The molecule has 3 saturated carbocycles. The van der Waals surface area contributed by atoms with E-state index in [4.69, 9.17) is 14.5 Å². The number of benzene rings is 1. The highest BCUT2D eigenvalue weighted by molar-refractivity contribution is 7.91. The lowest BCUT2D eigenvalue weighted by atomic mass is 9.85. The molecule has 4 fully saturated rings. The van der Waals surface area contributed by atoms with E-state index in [-0.39, 0.29) is 61.9 Å². The number of aryl methyl sites for hydroxylation is 1. The van der Waals surface area contributed by atoms with Crippen molar-refractivity contribution in [3.63, 3.8) is 0 Å². The van der Waals surface area contributed by atoms with Gasteiger partial charge in [-0.1, -0.05) is 51.0 Å². The molecule has 11 nitrogen and oxygen atoms in total. The van der Waals surface area contributed by atoms with Gasteiger partial charge in [-0.15, -0.1) is 0 Å². The second-order valence-electron chi connectivity index (χ2n) is 18.2. The van der Waals surface area contributed by atoms with E-state index in [2.05, 4.69) is 4.72 Å². The summed E-state index contributed by atoms with van der Waals surface area (Å²) in [6.07, 6.45) is 11.4. The lowest BCUT2D eigenvalue weighted by molar-refractivity contribution is -0.151. The molecule has 0 unspecified atom stereocenters. The van der Waals surface area contributed by atoms with Gasteiger partial charge in [0.1, 0.15) is 22.7 Å². The third kappa shape index (κ3) is 7.37. The Labute approximate surface area is 328 Å². The van der Waals surface area contributed by atoms with Crippen molar-refractivity contribution in [1.82, 2.24) is 14.6 Å². The van der Waals surface area contributed by atoms with Crippen LogP contribution in [0, 0.1) is 29.0 Å². The molecule has 6 aliphatic rings. The number of halogens is 1. The van der Waals surface area contributed by atoms with Crippen LogP contribution < -0.4 is 9.46 Å². The first-order valence-corrected chi connectivity index (χ1v) is 22.1. The van der Waals surface area contributed by atoms with Gasteiger partial charge in [-0.05, 0) is 89.0 Å². The number of esters is 1. The number of amides is 2. The number of para-hydroxylation sites is 1. The Morgan fingerprint density at radius 1 is 1.09 bits per heavy atom. The van der Waals surface area contributed by atoms with Crippen molar-refractivity contribution in [1.29, 1.82) is 0 Å². The van der Waals surface area contributed by atoms with Crippen molar-refractivity contribution in [2.24, 2.45) is 23.2 Å². The quantitative estimate of drug-likeness (QED) is 0.231.